The van der Waals surface area contributed by atoms with E-state index < -0.39 is 0 Å². The van der Waals surface area contributed by atoms with E-state index in [2.05, 4.69) is 11.6 Å². The normalized spacial score (nSPS) is 21.3. The van der Waals surface area contributed by atoms with Gasteiger partial charge >= 0.3 is 0 Å². The Morgan fingerprint density at radius 3 is 3.00 bits per heavy atom. The highest BCUT2D eigenvalue weighted by Gasteiger charge is 2.03. The number of allylic oxidation sites excluding steroid dienone is 3. The molecule has 1 rings (SSSR count). The summed E-state index contributed by atoms with van der Waals surface area (Å²) in [5, 5.41) is 6.67. The minimum absolute atomic E-state index is 0.838. The lowest BCUT2D eigenvalue weighted by atomic mass is 10.2. The van der Waals surface area contributed by atoms with Crippen molar-refractivity contribution in [1.29, 1.82) is 5.41 Å². The van der Waals surface area contributed by atoms with Crippen LogP contribution in [0.4, 0.5) is 0 Å². The Kier molecular flexibility index (Phi) is 1.58. The van der Waals surface area contributed by atoms with Crippen LogP contribution in [0.25, 0.3) is 0 Å². The number of hydrogen-bond donors (Lipinski definition) is 1. The highest BCUT2D eigenvalue weighted by atomic mass is 14.8. The minimum Gasteiger partial charge on any atom is -0.290 e. The average molecular weight is 120 g/mol. The summed E-state index contributed by atoms with van der Waals surface area (Å²) in [5.41, 5.74) is 1.84. The van der Waals surface area contributed by atoms with Gasteiger partial charge in [0.25, 0.3) is 0 Å². The number of nitrogens with one attached hydrogen (secondary N) is 1. The van der Waals surface area contributed by atoms with E-state index in [0.717, 1.165) is 24.0 Å². The molecule has 0 amide bonds. The third-order valence-corrected chi connectivity index (χ3v) is 1.21. The molecule has 0 atom stereocenters. The molecule has 1 N–H and O–H groups in total. The minimum atomic E-state index is 0.838. The Morgan fingerprint density at radius 2 is 2.56 bits per heavy atom. The van der Waals surface area contributed by atoms with Crippen molar-refractivity contribution in [3.63, 3.8) is 0 Å². The second-order valence-corrected chi connectivity index (χ2v) is 1.85. The van der Waals surface area contributed by atoms with Crippen LogP contribution in [-0.2, 0) is 0 Å². The number of hydrogen-bond acceptors (Lipinski definition) is 1. The summed E-state index contributed by atoms with van der Waals surface area (Å²) in [6.07, 6.45) is 5.79. The second kappa shape index (κ2) is 2.40. The van der Waals surface area contributed by atoms with Crippen LogP contribution in [0, 0.1) is 5.41 Å². The standard InChI is InChI=1S/C7H8N2/c1-6-3-2-4-7(6)9-5-8/h2,4-5,8H,1,3H2. The quantitative estimate of drug-likeness (QED) is 0.402. The Bertz CT molecular complexity index is 199. The van der Waals surface area contributed by atoms with E-state index in [1.54, 1.807) is 0 Å². The lowest BCUT2D eigenvalue weighted by Crippen LogP contribution is -1.90. The van der Waals surface area contributed by atoms with Gasteiger partial charge in [-0.25, -0.2) is 4.99 Å². The van der Waals surface area contributed by atoms with Crippen molar-refractivity contribution < 1.29 is 0 Å². The van der Waals surface area contributed by atoms with E-state index in [1.165, 1.54) is 0 Å². The maximum atomic E-state index is 6.67. The van der Waals surface area contributed by atoms with E-state index in [0.29, 0.717) is 0 Å². The molecular formula is C7H8N2. The topological polar surface area (TPSA) is 36.2 Å². The van der Waals surface area contributed by atoms with Crippen LogP contribution in [0.3, 0.4) is 0 Å². The van der Waals surface area contributed by atoms with Gasteiger partial charge in [0.2, 0.25) is 0 Å². The van der Waals surface area contributed by atoms with Crippen LogP contribution >= 0.6 is 0 Å². The van der Waals surface area contributed by atoms with Gasteiger partial charge in [0.1, 0.15) is 6.34 Å². The molecule has 0 bridgehead atoms. The Balaban J connectivity index is 2.81. The molecule has 0 aromatic heterocycles. The molecule has 0 fully saturated rings. The average Bonchev–Trinajstić information content (AvgIpc) is 2.18. The highest BCUT2D eigenvalue weighted by Crippen LogP contribution is 2.10. The fourth-order valence-electron chi connectivity index (χ4n) is 0.739. The van der Waals surface area contributed by atoms with Crippen LogP contribution in [0.15, 0.2) is 29.3 Å². The zero-order valence-electron chi connectivity index (χ0n) is 5.09. The molecule has 0 unspecified atom stereocenters. The molecule has 2 nitrogen and oxygen atoms in total. The van der Waals surface area contributed by atoms with E-state index in [4.69, 9.17) is 5.41 Å². The summed E-state index contributed by atoms with van der Waals surface area (Å²) in [6, 6.07) is 0. The van der Waals surface area contributed by atoms with Gasteiger partial charge in [-0.3, -0.25) is 5.41 Å². The fraction of sp³-hybridized carbons (Fsp3) is 0.143. The van der Waals surface area contributed by atoms with E-state index in [1.807, 2.05) is 12.2 Å². The van der Waals surface area contributed by atoms with E-state index >= 15 is 0 Å². The molecule has 9 heavy (non-hydrogen) atoms. The Hall–Kier alpha value is -1.18. The molecule has 2 heteroatoms. The summed E-state index contributed by atoms with van der Waals surface area (Å²) in [5.74, 6) is 0. The maximum absolute atomic E-state index is 6.67. The number of aliphatic imine (C=N–C) groups is 1. The van der Waals surface area contributed by atoms with E-state index in [9.17, 15) is 0 Å². The zero-order valence-corrected chi connectivity index (χ0v) is 5.09. The molecule has 46 valence electrons. The number of nitrogens with zero attached hydrogens (tertiary/aromatic N) is 1. The van der Waals surface area contributed by atoms with Gasteiger partial charge in [-0.15, -0.1) is 0 Å². The van der Waals surface area contributed by atoms with Crippen LogP contribution < -0.4 is 0 Å². The molecule has 0 aliphatic heterocycles. The molecule has 0 spiro atoms. The van der Waals surface area contributed by atoms with Crippen molar-refractivity contribution in [3.05, 3.63) is 24.3 Å². The second-order valence-electron chi connectivity index (χ2n) is 1.85. The van der Waals surface area contributed by atoms with Crippen LogP contribution in [0.1, 0.15) is 6.42 Å². The lowest BCUT2D eigenvalue weighted by Gasteiger charge is -1.90. The van der Waals surface area contributed by atoms with Crippen molar-refractivity contribution in [2.75, 3.05) is 0 Å². The summed E-state index contributed by atoms with van der Waals surface area (Å²) in [7, 11) is 0. The third kappa shape index (κ3) is 1.13. The summed E-state index contributed by atoms with van der Waals surface area (Å²) >= 11 is 0. The molecule has 0 radical (unpaired) electrons. The lowest BCUT2D eigenvalue weighted by molar-refractivity contribution is 1.38. The molecular weight excluding hydrogens is 112 g/mol. The predicted octanol–water partition coefficient (Wildman–Crippen LogP) is 1.55. The zero-order chi connectivity index (χ0) is 6.69. The van der Waals surface area contributed by atoms with Crippen molar-refractivity contribution in [2.45, 2.75) is 6.42 Å². The Morgan fingerprint density at radius 1 is 1.78 bits per heavy atom. The predicted molar refractivity (Wildman–Crippen MR) is 39.1 cm³/mol. The van der Waals surface area contributed by atoms with Crippen molar-refractivity contribution >= 4 is 12.1 Å². The first kappa shape index (κ1) is 5.95. The van der Waals surface area contributed by atoms with Crippen molar-refractivity contribution in [3.8, 4) is 0 Å². The van der Waals surface area contributed by atoms with Crippen molar-refractivity contribution in [1.82, 2.24) is 0 Å². The first-order valence-electron chi connectivity index (χ1n) is 2.76. The Labute approximate surface area is 54.1 Å². The third-order valence-electron chi connectivity index (χ3n) is 1.21. The molecule has 1 aliphatic carbocycles. The fourth-order valence-corrected chi connectivity index (χ4v) is 0.739. The van der Waals surface area contributed by atoms with Gasteiger partial charge in [0.05, 0.1) is 5.71 Å². The number of rotatable bonds is 1. The van der Waals surface area contributed by atoms with Gasteiger partial charge in [0.15, 0.2) is 0 Å². The smallest absolute Gasteiger partial charge is 0.107 e. The van der Waals surface area contributed by atoms with Gasteiger partial charge < -0.3 is 0 Å². The highest BCUT2D eigenvalue weighted by molar-refractivity contribution is 6.12. The maximum Gasteiger partial charge on any atom is 0.107 e. The van der Waals surface area contributed by atoms with Gasteiger partial charge in [0, 0.05) is 0 Å². The molecule has 1 aliphatic rings. The SMILES string of the molecule is C=C1CC=CC1=NC=N. The largest absolute Gasteiger partial charge is 0.290 e. The molecule has 0 heterocycles. The first-order chi connectivity index (χ1) is 4.34. The molecule has 0 aromatic rings. The summed E-state index contributed by atoms with van der Waals surface area (Å²) in [4.78, 5) is 3.78. The molecule has 0 saturated carbocycles. The van der Waals surface area contributed by atoms with E-state index in [-0.39, 0.29) is 0 Å². The van der Waals surface area contributed by atoms with Crippen LogP contribution in [-0.4, -0.2) is 12.1 Å². The van der Waals surface area contributed by atoms with Gasteiger partial charge in [-0.2, -0.15) is 0 Å². The van der Waals surface area contributed by atoms with Crippen LogP contribution in [0.2, 0.25) is 0 Å². The monoisotopic (exact) mass is 120 g/mol. The van der Waals surface area contributed by atoms with Gasteiger partial charge in [-0.1, -0.05) is 12.7 Å². The molecule has 0 aromatic carbocycles. The van der Waals surface area contributed by atoms with Crippen molar-refractivity contribution in [2.24, 2.45) is 4.99 Å². The first-order valence-corrected chi connectivity index (χ1v) is 2.76. The summed E-state index contributed by atoms with van der Waals surface area (Å²) < 4.78 is 0. The summed E-state index contributed by atoms with van der Waals surface area (Å²) in [6.45, 7) is 3.76. The molecule has 0 saturated heterocycles. The van der Waals surface area contributed by atoms with Crippen LogP contribution in [0.5, 0.6) is 0 Å². The van der Waals surface area contributed by atoms with Gasteiger partial charge in [-0.05, 0) is 18.1 Å².